The Hall–Kier alpha value is -2.41. The van der Waals surface area contributed by atoms with E-state index in [1.54, 1.807) is 19.2 Å². The number of thiazole rings is 1. The summed E-state index contributed by atoms with van der Waals surface area (Å²) in [6, 6.07) is 0. The molecule has 1 amide bonds. The maximum Gasteiger partial charge on any atom is 0.340 e. The Morgan fingerprint density at radius 1 is 1.28 bits per heavy atom. The number of rotatable bonds is 6. The van der Waals surface area contributed by atoms with Crippen LogP contribution in [0.3, 0.4) is 0 Å². The minimum atomic E-state index is -0.370. The van der Waals surface area contributed by atoms with Crippen molar-refractivity contribution in [3.63, 3.8) is 0 Å². The van der Waals surface area contributed by atoms with Crippen LogP contribution in [0.2, 0.25) is 0 Å². The monoisotopic (exact) mass is 361 g/mol. The van der Waals surface area contributed by atoms with Gasteiger partial charge in [-0.3, -0.25) is 10.1 Å². The molecule has 2 rings (SSSR count). The number of esters is 1. The molecule has 0 aliphatic rings. The Bertz CT molecular complexity index is 818. The highest BCUT2D eigenvalue weighted by molar-refractivity contribution is 7.15. The number of hydrogen-bond donors (Lipinski definition) is 1. The van der Waals surface area contributed by atoms with Gasteiger partial charge in [0.25, 0.3) is 0 Å². The zero-order chi connectivity index (χ0) is 18.6. The number of carbonyl (C=O) groups excluding carboxylic acids is 2. The van der Waals surface area contributed by atoms with Crippen LogP contribution in [0.1, 0.15) is 46.0 Å². The summed E-state index contributed by atoms with van der Waals surface area (Å²) >= 11 is 1.41. The number of anilines is 1. The maximum atomic E-state index is 12.3. The summed E-state index contributed by atoms with van der Waals surface area (Å²) < 4.78 is 7.21. The van der Waals surface area contributed by atoms with Gasteiger partial charge in [0, 0.05) is 40.6 Å². The third-order valence-corrected chi connectivity index (χ3v) is 4.71. The molecular formula is C18H23N3O3S. The number of hydrogen-bond acceptors (Lipinski definition) is 5. The average molecular weight is 361 g/mol. The van der Waals surface area contributed by atoms with Crippen molar-refractivity contribution >= 4 is 34.4 Å². The minimum absolute atomic E-state index is 0.287. The zero-order valence-electron chi connectivity index (χ0n) is 15.2. The van der Waals surface area contributed by atoms with Crippen molar-refractivity contribution in [2.24, 2.45) is 0 Å². The number of amides is 1. The Labute approximate surface area is 151 Å². The third-order valence-electron chi connectivity index (χ3n) is 3.88. The Morgan fingerprint density at radius 3 is 2.56 bits per heavy atom. The molecule has 0 aliphatic carbocycles. The molecule has 0 saturated carbocycles. The molecule has 6 nitrogen and oxygen atoms in total. The predicted molar refractivity (Wildman–Crippen MR) is 100 cm³/mol. The maximum absolute atomic E-state index is 12.3. The van der Waals surface area contributed by atoms with E-state index >= 15 is 0 Å². The van der Waals surface area contributed by atoms with Crippen LogP contribution in [-0.4, -0.2) is 28.0 Å². The minimum Gasteiger partial charge on any atom is -0.462 e. The van der Waals surface area contributed by atoms with Crippen LogP contribution in [0.5, 0.6) is 0 Å². The third kappa shape index (κ3) is 4.17. The summed E-state index contributed by atoms with van der Waals surface area (Å²) in [4.78, 5) is 29.6. The normalized spacial score (nSPS) is 11.1. The number of nitrogens with one attached hydrogen (secondary N) is 1. The molecule has 0 saturated heterocycles. The van der Waals surface area contributed by atoms with E-state index in [-0.39, 0.29) is 11.9 Å². The van der Waals surface area contributed by atoms with Gasteiger partial charge in [-0.1, -0.05) is 0 Å². The van der Waals surface area contributed by atoms with E-state index in [0.29, 0.717) is 22.9 Å². The van der Waals surface area contributed by atoms with Crippen LogP contribution in [-0.2, 0) is 16.1 Å². The molecule has 25 heavy (non-hydrogen) atoms. The Balaban J connectivity index is 2.30. The fourth-order valence-corrected chi connectivity index (χ4v) is 3.43. The summed E-state index contributed by atoms with van der Waals surface area (Å²) in [5, 5.41) is 3.27. The van der Waals surface area contributed by atoms with Gasteiger partial charge in [0.1, 0.15) is 0 Å². The number of aromatic nitrogens is 2. The predicted octanol–water partition coefficient (Wildman–Crippen LogP) is 3.72. The van der Waals surface area contributed by atoms with Crippen LogP contribution in [0.15, 0.2) is 12.3 Å². The fourth-order valence-electron chi connectivity index (χ4n) is 2.77. The van der Waals surface area contributed by atoms with E-state index < -0.39 is 0 Å². The zero-order valence-corrected chi connectivity index (χ0v) is 16.0. The van der Waals surface area contributed by atoms with Crippen LogP contribution in [0, 0.1) is 20.8 Å². The summed E-state index contributed by atoms with van der Waals surface area (Å²) in [7, 11) is 0. The summed E-state index contributed by atoms with van der Waals surface area (Å²) in [6.07, 6.45) is 4.79. The summed E-state index contributed by atoms with van der Waals surface area (Å²) in [5.74, 6) is -0.656. The van der Waals surface area contributed by atoms with E-state index in [2.05, 4.69) is 10.3 Å². The average Bonchev–Trinajstić information content (AvgIpc) is 3.06. The molecule has 2 aromatic heterocycles. The van der Waals surface area contributed by atoms with Gasteiger partial charge in [0.15, 0.2) is 5.13 Å². The Kier molecular flexibility index (Phi) is 6.14. The number of nitrogens with zero attached hydrogens (tertiary/aromatic N) is 2. The first-order chi connectivity index (χ1) is 11.9. The lowest BCUT2D eigenvalue weighted by Crippen LogP contribution is -2.09. The van der Waals surface area contributed by atoms with Gasteiger partial charge in [0.05, 0.1) is 12.2 Å². The largest absolute Gasteiger partial charge is 0.462 e. The van der Waals surface area contributed by atoms with Crippen molar-refractivity contribution < 1.29 is 14.3 Å². The second kappa shape index (κ2) is 8.11. The van der Waals surface area contributed by atoms with E-state index in [4.69, 9.17) is 4.74 Å². The first-order valence-electron chi connectivity index (χ1n) is 8.17. The Morgan fingerprint density at radius 2 is 2.00 bits per heavy atom. The van der Waals surface area contributed by atoms with Crippen LogP contribution in [0.25, 0.3) is 6.08 Å². The first kappa shape index (κ1) is 18.9. The molecule has 0 aromatic carbocycles. The molecule has 134 valence electrons. The fraction of sp³-hybridized carbons (Fsp3) is 0.389. The molecule has 0 atom stereocenters. The van der Waals surface area contributed by atoms with Crippen molar-refractivity contribution in [3.8, 4) is 0 Å². The smallest absolute Gasteiger partial charge is 0.340 e. The highest BCUT2D eigenvalue weighted by Gasteiger charge is 2.22. The van der Waals surface area contributed by atoms with Crippen LogP contribution < -0.4 is 5.32 Å². The topological polar surface area (TPSA) is 73.2 Å². The van der Waals surface area contributed by atoms with Crippen molar-refractivity contribution in [1.82, 2.24) is 9.55 Å². The highest BCUT2D eigenvalue weighted by Crippen LogP contribution is 2.25. The van der Waals surface area contributed by atoms with Crippen molar-refractivity contribution in [1.29, 1.82) is 0 Å². The van der Waals surface area contributed by atoms with Crippen molar-refractivity contribution in [2.75, 3.05) is 11.9 Å². The number of carbonyl (C=O) groups is 2. The lowest BCUT2D eigenvalue weighted by Gasteiger charge is -2.05. The van der Waals surface area contributed by atoms with Crippen molar-refractivity contribution in [2.45, 2.75) is 41.2 Å². The molecule has 2 heterocycles. The lowest BCUT2D eigenvalue weighted by atomic mass is 10.1. The van der Waals surface area contributed by atoms with Gasteiger partial charge in [-0.15, -0.1) is 11.3 Å². The van der Waals surface area contributed by atoms with E-state index in [1.807, 2.05) is 32.3 Å². The molecule has 1 N–H and O–H groups in total. The molecule has 0 aliphatic heterocycles. The highest BCUT2D eigenvalue weighted by atomic mass is 32.1. The van der Waals surface area contributed by atoms with Gasteiger partial charge in [-0.25, -0.2) is 9.78 Å². The van der Waals surface area contributed by atoms with Crippen molar-refractivity contribution in [3.05, 3.63) is 39.7 Å². The number of aryl methyl sites for hydroxylation is 1. The van der Waals surface area contributed by atoms with Gasteiger partial charge in [-0.05, 0) is 40.7 Å². The van der Waals surface area contributed by atoms with Gasteiger partial charge in [-0.2, -0.15) is 0 Å². The van der Waals surface area contributed by atoms with E-state index in [0.717, 1.165) is 22.8 Å². The molecule has 0 unspecified atom stereocenters. The molecule has 0 spiro atoms. The molecular weight excluding hydrogens is 338 g/mol. The second-order valence-corrected chi connectivity index (χ2v) is 6.76. The quantitative estimate of drug-likeness (QED) is 0.629. The van der Waals surface area contributed by atoms with Gasteiger partial charge in [0.2, 0.25) is 5.91 Å². The van der Waals surface area contributed by atoms with Crippen LogP contribution in [0.4, 0.5) is 5.13 Å². The van der Waals surface area contributed by atoms with Gasteiger partial charge >= 0.3 is 5.97 Å². The van der Waals surface area contributed by atoms with Crippen LogP contribution >= 0.6 is 11.3 Å². The summed E-state index contributed by atoms with van der Waals surface area (Å²) in [5.41, 5.74) is 2.99. The van der Waals surface area contributed by atoms with E-state index in [1.165, 1.54) is 17.4 Å². The molecule has 7 heteroatoms. The second-order valence-electron chi connectivity index (χ2n) is 5.52. The molecule has 2 aromatic rings. The standard InChI is InChI=1S/C18H23N3O3S/c1-6-21-12(4)14(16(13(21)5)17(23)24-7-2)8-9-15(22)20-18-19-10-11(3)25-18/h8-10H,6-7H2,1-5H3,(H,19,20,22). The lowest BCUT2D eigenvalue weighted by molar-refractivity contribution is -0.111. The van der Waals surface area contributed by atoms with Gasteiger partial charge < -0.3 is 9.30 Å². The first-order valence-corrected chi connectivity index (χ1v) is 8.98. The molecule has 0 bridgehead atoms. The number of ether oxygens (including phenoxy) is 1. The molecule has 0 fully saturated rings. The SMILES string of the molecule is CCOC(=O)c1c(C=CC(=O)Nc2ncc(C)s2)c(C)n(CC)c1C. The van der Waals surface area contributed by atoms with E-state index in [9.17, 15) is 9.59 Å². The molecule has 0 radical (unpaired) electrons. The summed E-state index contributed by atoms with van der Waals surface area (Å²) in [6.45, 7) is 10.6.